The molecular weight excluding hydrogens is 414 g/mol. The molecule has 172 valence electrons. The molecule has 0 amide bonds. The van der Waals surface area contributed by atoms with Crippen molar-refractivity contribution in [3.8, 4) is 5.75 Å². The van der Waals surface area contributed by atoms with Gasteiger partial charge in [0.05, 0.1) is 12.5 Å². The predicted molar refractivity (Wildman–Crippen MR) is 117 cm³/mol. The van der Waals surface area contributed by atoms with Gasteiger partial charge in [-0.05, 0) is 56.1 Å². The number of carbonyl (C=O) groups excluding carboxylic acids is 1. The van der Waals surface area contributed by atoms with E-state index in [0.29, 0.717) is 13.2 Å². The number of esters is 1. The third-order valence-corrected chi connectivity index (χ3v) is 4.97. The second-order valence-corrected chi connectivity index (χ2v) is 7.33. The van der Waals surface area contributed by atoms with E-state index in [1.54, 1.807) is 0 Å². The number of benzene rings is 2. The topological polar surface area (TPSA) is 113 Å². The SMILES string of the molecule is CCOC(=O)C1CCN(Cc2ccc(OCc3ccccc3)cc2)CC1.O=C(O)C(=O)O. The van der Waals surface area contributed by atoms with Crippen molar-refractivity contribution in [2.45, 2.75) is 32.9 Å². The Morgan fingerprint density at radius 3 is 2.03 bits per heavy atom. The molecular formula is C24H29NO7. The van der Waals surface area contributed by atoms with Crippen LogP contribution < -0.4 is 4.74 Å². The Balaban J connectivity index is 0.000000534. The molecule has 0 aliphatic carbocycles. The summed E-state index contributed by atoms with van der Waals surface area (Å²) in [7, 11) is 0. The average molecular weight is 443 g/mol. The van der Waals surface area contributed by atoms with Crippen molar-refractivity contribution >= 4 is 17.9 Å². The fourth-order valence-corrected chi connectivity index (χ4v) is 3.28. The van der Waals surface area contributed by atoms with Gasteiger partial charge in [-0.15, -0.1) is 0 Å². The molecule has 0 spiro atoms. The molecule has 2 N–H and O–H groups in total. The summed E-state index contributed by atoms with van der Waals surface area (Å²) in [5.41, 5.74) is 2.44. The number of hydrogen-bond acceptors (Lipinski definition) is 6. The van der Waals surface area contributed by atoms with E-state index in [0.717, 1.165) is 38.2 Å². The summed E-state index contributed by atoms with van der Waals surface area (Å²) in [5, 5.41) is 14.8. The molecule has 1 saturated heterocycles. The van der Waals surface area contributed by atoms with Crippen LogP contribution in [0.5, 0.6) is 5.75 Å². The standard InChI is InChI=1S/C22H27NO3.C2H2O4/c1-2-25-22(24)20-12-14-23(15-13-20)16-18-8-10-21(11-9-18)26-17-19-6-4-3-5-7-19;3-1(4)2(5)6/h3-11,20H,2,12-17H2,1H3;(H,3,4)(H,5,6). The number of nitrogens with zero attached hydrogens (tertiary/aromatic N) is 1. The van der Waals surface area contributed by atoms with Crippen molar-refractivity contribution in [3.63, 3.8) is 0 Å². The van der Waals surface area contributed by atoms with Gasteiger partial charge in [0.15, 0.2) is 0 Å². The number of likely N-dealkylation sites (tertiary alicyclic amines) is 1. The molecule has 0 bridgehead atoms. The number of aliphatic carboxylic acids is 2. The predicted octanol–water partition coefficient (Wildman–Crippen LogP) is 3.20. The van der Waals surface area contributed by atoms with Crippen LogP contribution >= 0.6 is 0 Å². The number of rotatable bonds is 7. The molecule has 1 heterocycles. The summed E-state index contributed by atoms with van der Waals surface area (Å²) in [4.78, 5) is 32.4. The molecule has 0 saturated carbocycles. The number of carbonyl (C=O) groups is 3. The maximum atomic E-state index is 11.8. The Kier molecular flexibility index (Phi) is 10.2. The van der Waals surface area contributed by atoms with E-state index < -0.39 is 11.9 Å². The van der Waals surface area contributed by atoms with Crippen molar-refractivity contribution in [1.82, 2.24) is 4.90 Å². The van der Waals surface area contributed by atoms with Crippen LogP contribution in [0.25, 0.3) is 0 Å². The van der Waals surface area contributed by atoms with Gasteiger partial charge in [-0.2, -0.15) is 0 Å². The van der Waals surface area contributed by atoms with Gasteiger partial charge in [0, 0.05) is 6.54 Å². The first kappa shape index (κ1) is 24.9. The highest BCUT2D eigenvalue weighted by atomic mass is 16.5. The monoisotopic (exact) mass is 443 g/mol. The number of carboxylic acid groups (broad SMARTS) is 2. The largest absolute Gasteiger partial charge is 0.489 e. The number of hydrogen-bond donors (Lipinski definition) is 2. The van der Waals surface area contributed by atoms with Gasteiger partial charge in [-0.1, -0.05) is 42.5 Å². The van der Waals surface area contributed by atoms with E-state index in [9.17, 15) is 4.79 Å². The van der Waals surface area contributed by atoms with Crippen molar-refractivity contribution in [3.05, 3.63) is 65.7 Å². The summed E-state index contributed by atoms with van der Waals surface area (Å²) < 4.78 is 11.0. The van der Waals surface area contributed by atoms with Crippen molar-refractivity contribution in [2.24, 2.45) is 5.92 Å². The third kappa shape index (κ3) is 8.77. The Hall–Kier alpha value is -3.39. The first-order valence-electron chi connectivity index (χ1n) is 10.5. The van der Waals surface area contributed by atoms with Crippen molar-refractivity contribution < 1.29 is 34.1 Å². The first-order chi connectivity index (χ1) is 15.4. The normalized spacial score (nSPS) is 14.0. The summed E-state index contributed by atoms with van der Waals surface area (Å²) in [6.07, 6.45) is 1.77. The van der Waals surface area contributed by atoms with Crippen LogP contribution in [-0.2, 0) is 32.3 Å². The van der Waals surface area contributed by atoms with Crippen LogP contribution in [0.15, 0.2) is 54.6 Å². The molecule has 0 radical (unpaired) electrons. The highest BCUT2D eigenvalue weighted by Gasteiger charge is 2.25. The van der Waals surface area contributed by atoms with E-state index >= 15 is 0 Å². The van der Waals surface area contributed by atoms with E-state index in [1.807, 2.05) is 37.3 Å². The minimum atomic E-state index is -1.82. The molecule has 0 aromatic heterocycles. The fraction of sp³-hybridized carbons (Fsp3) is 0.375. The van der Waals surface area contributed by atoms with Gasteiger partial charge in [0.25, 0.3) is 0 Å². The van der Waals surface area contributed by atoms with Gasteiger partial charge >= 0.3 is 17.9 Å². The highest BCUT2D eigenvalue weighted by Crippen LogP contribution is 2.21. The molecule has 0 atom stereocenters. The fourth-order valence-electron chi connectivity index (χ4n) is 3.28. The van der Waals surface area contributed by atoms with Crippen LogP contribution in [0.3, 0.4) is 0 Å². The zero-order chi connectivity index (χ0) is 23.3. The summed E-state index contributed by atoms with van der Waals surface area (Å²) >= 11 is 0. The third-order valence-electron chi connectivity index (χ3n) is 4.97. The lowest BCUT2D eigenvalue weighted by atomic mass is 9.96. The highest BCUT2D eigenvalue weighted by molar-refractivity contribution is 6.27. The number of ether oxygens (including phenoxy) is 2. The summed E-state index contributed by atoms with van der Waals surface area (Å²) in [6.45, 7) is 5.71. The molecule has 0 unspecified atom stereocenters. The zero-order valence-electron chi connectivity index (χ0n) is 18.1. The van der Waals surface area contributed by atoms with Gasteiger partial charge < -0.3 is 19.7 Å². The Morgan fingerprint density at radius 1 is 0.906 bits per heavy atom. The number of carboxylic acids is 2. The first-order valence-corrected chi connectivity index (χ1v) is 10.5. The maximum absolute atomic E-state index is 11.8. The molecule has 2 aromatic rings. The molecule has 3 rings (SSSR count). The Bertz CT molecular complexity index is 848. The second kappa shape index (κ2) is 13.1. The lowest BCUT2D eigenvalue weighted by molar-refractivity contribution is -0.159. The van der Waals surface area contributed by atoms with Crippen LogP contribution in [0, 0.1) is 5.92 Å². The lowest BCUT2D eigenvalue weighted by Crippen LogP contribution is -2.36. The molecule has 32 heavy (non-hydrogen) atoms. The minimum absolute atomic E-state index is 0.0351. The van der Waals surface area contributed by atoms with E-state index in [4.69, 9.17) is 29.3 Å². The van der Waals surface area contributed by atoms with Crippen LogP contribution in [0.2, 0.25) is 0 Å². The van der Waals surface area contributed by atoms with E-state index in [1.165, 1.54) is 11.1 Å². The van der Waals surface area contributed by atoms with E-state index in [-0.39, 0.29) is 11.9 Å². The molecule has 8 heteroatoms. The van der Waals surface area contributed by atoms with Crippen LogP contribution in [-0.4, -0.2) is 52.7 Å². The molecule has 1 fully saturated rings. The average Bonchev–Trinajstić information content (AvgIpc) is 2.80. The summed E-state index contributed by atoms with van der Waals surface area (Å²) in [5.74, 6) is -2.73. The van der Waals surface area contributed by atoms with Crippen molar-refractivity contribution in [2.75, 3.05) is 19.7 Å². The number of piperidine rings is 1. The van der Waals surface area contributed by atoms with Gasteiger partial charge in [0.2, 0.25) is 0 Å². The van der Waals surface area contributed by atoms with Crippen molar-refractivity contribution in [1.29, 1.82) is 0 Å². The Morgan fingerprint density at radius 2 is 1.50 bits per heavy atom. The lowest BCUT2D eigenvalue weighted by Gasteiger charge is -2.30. The molecule has 8 nitrogen and oxygen atoms in total. The van der Waals surface area contributed by atoms with Gasteiger partial charge in [0.1, 0.15) is 12.4 Å². The molecule has 1 aliphatic heterocycles. The van der Waals surface area contributed by atoms with Crippen LogP contribution in [0.4, 0.5) is 0 Å². The molecule has 2 aromatic carbocycles. The Labute approximate surface area is 187 Å². The van der Waals surface area contributed by atoms with Gasteiger partial charge in [-0.3, -0.25) is 9.69 Å². The van der Waals surface area contributed by atoms with Gasteiger partial charge in [-0.25, -0.2) is 9.59 Å². The quantitative estimate of drug-likeness (QED) is 0.495. The van der Waals surface area contributed by atoms with Crippen LogP contribution in [0.1, 0.15) is 30.9 Å². The zero-order valence-corrected chi connectivity index (χ0v) is 18.1. The van der Waals surface area contributed by atoms with E-state index in [2.05, 4.69) is 29.2 Å². The smallest absolute Gasteiger partial charge is 0.414 e. The molecule has 1 aliphatic rings. The second-order valence-electron chi connectivity index (χ2n) is 7.33. The maximum Gasteiger partial charge on any atom is 0.414 e. The minimum Gasteiger partial charge on any atom is -0.489 e. The summed E-state index contributed by atoms with van der Waals surface area (Å²) in [6, 6.07) is 18.5.